The summed E-state index contributed by atoms with van der Waals surface area (Å²) in [4.78, 5) is 14.6. The predicted molar refractivity (Wildman–Crippen MR) is 65.5 cm³/mol. The highest BCUT2D eigenvalue weighted by molar-refractivity contribution is 5.90. The SMILES string of the molecule is Cc1c(N)c[nH]c1C(=O)OCc1ccccc1. The van der Waals surface area contributed by atoms with Crippen LogP contribution in [0, 0.1) is 6.92 Å². The Bertz CT molecular complexity index is 517. The molecule has 1 aromatic carbocycles. The Kier molecular flexibility index (Phi) is 3.14. The summed E-state index contributed by atoms with van der Waals surface area (Å²) in [6.45, 7) is 2.04. The highest BCUT2D eigenvalue weighted by Gasteiger charge is 2.14. The van der Waals surface area contributed by atoms with Crippen molar-refractivity contribution >= 4 is 11.7 Å². The monoisotopic (exact) mass is 230 g/mol. The maximum absolute atomic E-state index is 11.7. The molecule has 0 saturated heterocycles. The molecule has 0 bridgehead atoms. The first kappa shape index (κ1) is 11.3. The number of hydrogen-bond donors (Lipinski definition) is 2. The number of nitrogen functional groups attached to an aromatic ring is 1. The summed E-state index contributed by atoms with van der Waals surface area (Å²) < 4.78 is 5.18. The number of esters is 1. The highest BCUT2D eigenvalue weighted by Crippen LogP contribution is 2.15. The maximum Gasteiger partial charge on any atom is 0.355 e. The van der Waals surface area contributed by atoms with Gasteiger partial charge in [0.05, 0.1) is 5.69 Å². The molecular formula is C13H14N2O2. The average molecular weight is 230 g/mol. The van der Waals surface area contributed by atoms with Crippen molar-refractivity contribution in [3.63, 3.8) is 0 Å². The van der Waals surface area contributed by atoms with E-state index in [2.05, 4.69) is 4.98 Å². The maximum atomic E-state index is 11.7. The Morgan fingerprint density at radius 3 is 2.65 bits per heavy atom. The first-order chi connectivity index (χ1) is 8.18. The summed E-state index contributed by atoms with van der Waals surface area (Å²) in [5.74, 6) is -0.386. The van der Waals surface area contributed by atoms with E-state index in [9.17, 15) is 4.79 Å². The van der Waals surface area contributed by atoms with Crippen LogP contribution in [0.3, 0.4) is 0 Å². The molecule has 0 amide bonds. The van der Waals surface area contributed by atoms with Crippen molar-refractivity contribution in [1.82, 2.24) is 4.98 Å². The van der Waals surface area contributed by atoms with Gasteiger partial charge in [-0.3, -0.25) is 0 Å². The standard InChI is InChI=1S/C13H14N2O2/c1-9-11(14)7-15-12(9)13(16)17-8-10-5-3-2-4-6-10/h2-7,15H,8,14H2,1H3. The van der Waals surface area contributed by atoms with E-state index in [-0.39, 0.29) is 12.6 Å². The lowest BCUT2D eigenvalue weighted by Crippen LogP contribution is -2.07. The molecule has 0 saturated carbocycles. The van der Waals surface area contributed by atoms with E-state index in [1.165, 1.54) is 0 Å². The molecule has 2 rings (SSSR count). The van der Waals surface area contributed by atoms with Crippen molar-refractivity contribution in [3.8, 4) is 0 Å². The van der Waals surface area contributed by atoms with Gasteiger partial charge < -0.3 is 15.5 Å². The van der Waals surface area contributed by atoms with Gasteiger partial charge in [-0.15, -0.1) is 0 Å². The normalized spacial score (nSPS) is 10.2. The highest BCUT2D eigenvalue weighted by atomic mass is 16.5. The fourth-order valence-electron chi connectivity index (χ4n) is 1.52. The van der Waals surface area contributed by atoms with E-state index in [0.717, 1.165) is 11.1 Å². The quantitative estimate of drug-likeness (QED) is 0.795. The second kappa shape index (κ2) is 4.74. The van der Waals surface area contributed by atoms with Gasteiger partial charge >= 0.3 is 5.97 Å². The number of rotatable bonds is 3. The van der Waals surface area contributed by atoms with E-state index in [0.29, 0.717) is 11.4 Å². The molecule has 0 unspecified atom stereocenters. The predicted octanol–water partition coefficient (Wildman–Crippen LogP) is 2.26. The number of nitrogens with two attached hydrogens (primary N) is 1. The van der Waals surface area contributed by atoms with E-state index in [4.69, 9.17) is 10.5 Å². The zero-order valence-electron chi connectivity index (χ0n) is 9.57. The van der Waals surface area contributed by atoms with Crippen LogP contribution in [0.25, 0.3) is 0 Å². The third-order valence-corrected chi connectivity index (χ3v) is 2.60. The molecule has 0 atom stereocenters. The van der Waals surface area contributed by atoms with Crippen molar-refractivity contribution < 1.29 is 9.53 Å². The van der Waals surface area contributed by atoms with Gasteiger partial charge in [0.1, 0.15) is 12.3 Å². The Morgan fingerprint density at radius 2 is 2.06 bits per heavy atom. The average Bonchev–Trinajstić information content (AvgIpc) is 2.69. The van der Waals surface area contributed by atoms with Gasteiger partial charge in [0.15, 0.2) is 0 Å². The lowest BCUT2D eigenvalue weighted by atomic mass is 10.2. The van der Waals surface area contributed by atoms with Gasteiger partial charge in [0.2, 0.25) is 0 Å². The first-order valence-electron chi connectivity index (χ1n) is 5.33. The largest absolute Gasteiger partial charge is 0.456 e. The molecule has 4 heteroatoms. The van der Waals surface area contributed by atoms with E-state index < -0.39 is 0 Å². The smallest absolute Gasteiger partial charge is 0.355 e. The molecule has 1 aromatic heterocycles. The molecule has 1 heterocycles. The van der Waals surface area contributed by atoms with Crippen LogP contribution in [0.1, 0.15) is 21.6 Å². The molecule has 0 aliphatic heterocycles. The van der Waals surface area contributed by atoms with Crippen LogP contribution in [0.15, 0.2) is 36.5 Å². The molecule has 0 fully saturated rings. The van der Waals surface area contributed by atoms with Crippen molar-refractivity contribution in [2.75, 3.05) is 5.73 Å². The van der Waals surface area contributed by atoms with E-state index in [1.807, 2.05) is 30.3 Å². The molecule has 0 radical (unpaired) electrons. The molecule has 3 N–H and O–H groups in total. The number of aromatic nitrogens is 1. The second-order valence-electron chi connectivity index (χ2n) is 3.81. The minimum atomic E-state index is -0.386. The van der Waals surface area contributed by atoms with Crippen LogP contribution in [0.2, 0.25) is 0 Å². The fourth-order valence-corrected chi connectivity index (χ4v) is 1.52. The number of aromatic amines is 1. The van der Waals surface area contributed by atoms with Gasteiger partial charge in [0.25, 0.3) is 0 Å². The number of nitrogens with one attached hydrogen (secondary N) is 1. The van der Waals surface area contributed by atoms with Gasteiger partial charge in [-0.25, -0.2) is 4.79 Å². The Hall–Kier alpha value is -2.23. The number of H-pyrrole nitrogens is 1. The van der Waals surface area contributed by atoms with Crippen LogP contribution in [0.4, 0.5) is 5.69 Å². The number of hydrogen-bond acceptors (Lipinski definition) is 3. The number of anilines is 1. The molecule has 17 heavy (non-hydrogen) atoms. The lowest BCUT2D eigenvalue weighted by molar-refractivity contribution is 0.0465. The zero-order chi connectivity index (χ0) is 12.3. The van der Waals surface area contributed by atoms with Crippen molar-refractivity contribution in [3.05, 3.63) is 53.3 Å². The Labute approximate surface area is 99.4 Å². The molecule has 0 aliphatic carbocycles. The molecule has 4 nitrogen and oxygen atoms in total. The van der Waals surface area contributed by atoms with E-state index >= 15 is 0 Å². The third kappa shape index (κ3) is 2.47. The van der Waals surface area contributed by atoms with Crippen molar-refractivity contribution in [2.24, 2.45) is 0 Å². The minimum absolute atomic E-state index is 0.262. The van der Waals surface area contributed by atoms with Crippen LogP contribution >= 0.6 is 0 Å². The third-order valence-electron chi connectivity index (χ3n) is 2.60. The van der Waals surface area contributed by atoms with Gasteiger partial charge in [0, 0.05) is 11.8 Å². The van der Waals surface area contributed by atoms with Gasteiger partial charge in [-0.1, -0.05) is 30.3 Å². The lowest BCUT2D eigenvalue weighted by Gasteiger charge is -2.04. The van der Waals surface area contributed by atoms with Gasteiger partial charge in [-0.2, -0.15) is 0 Å². The number of carbonyl (C=O) groups is 1. The molecule has 2 aromatic rings. The molecule has 88 valence electrons. The molecule has 0 aliphatic rings. The molecule has 0 spiro atoms. The summed E-state index contributed by atoms with van der Waals surface area (Å²) >= 11 is 0. The van der Waals surface area contributed by atoms with Crippen molar-refractivity contribution in [1.29, 1.82) is 0 Å². The van der Waals surface area contributed by atoms with Crippen molar-refractivity contribution in [2.45, 2.75) is 13.5 Å². The summed E-state index contributed by atoms with van der Waals surface area (Å²) in [5, 5.41) is 0. The minimum Gasteiger partial charge on any atom is -0.456 e. The fraction of sp³-hybridized carbons (Fsp3) is 0.154. The van der Waals surface area contributed by atoms with Crippen LogP contribution < -0.4 is 5.73 Å². The van der Waals surface area contributed by atoms with Crippen LogP contribution in [-0.4, -0.2) is 11.0 Å². The second-order valence-corrected chi connectivity index (χ2v) is 3.81. The van der Waals surface area contributed by atoms with Crippen LogP contribution in [-0.2, 0) is 11.3 Å². The number of ether oxygens (including phenoxy) is 1. The van der Waals surface area contributed by atoms with Gasteiger partial charge in [-0.05, 0) is 12.5 Å². The summed E-state index contributed by atoms with van der Waals surface area (Å²) in [6, 6.07) is 9.54. The number of carbonyl (C=O) groups excluding carboxylic acids is 1. The van der Waals surface area contributed by atoms with Crippen LogP contribution in [0.5, 0.6) is 0 Å². The Morgan fingerprint density at radius 1 is 1.35 bits per heavy atom. The topological polar surface area (TPSA) is 68.1 Å². The summed E-state index contributed by atoms with van der Waals surface area (Å²) in [6.07, 6.45) is 1.59. The Balaban J connectivity index is 2.01. The zero-order valence-corrected chi connectivity index (χ0v) is 9.57. The summed E-state index contributed by atoms with van der Waals surface area (Å²) in [7, 11) is 0. The number of benzene rings is 1. The molecular weight excluding hydrogens is 216 g/mol. The van der Waals surface area contributed by atoms with E-state index in [1.54, 1.807) is 13.1 Å². The first-order valence-corrected chi connectivity index (χ1v) is 5.33. The summed E-state index contributed by atoms with van der Waals surface area (Å²) in [5.41, 5.74) is 8.31.